The molecule has 2 aromatic rings. The zero-order chi connectivity index (χ0) is 25.7. The summed E-state index contributed by atoms with van der Waals surface area (Å²) in [5.74, 6) is 0.301. The van der Waals surface area contributed by atoms with Gasteiger partial charge in [0.25, 0.3) is 0 Å². The molecule has 1 N–H and O–H groups in total. The summed E-state index contributed by atoms with van der Waals surface area (Å²) in [6, 6.07) is 6.42. The van der Waals surface area contributed by atoms with Crippen molar-refractivity contribution in [2.45, 2.75) is 50.3 Å². The van der Waals surface area contributed by atoms with Gasteiger partial charge in [-0.3, -0.25) is 0 Å². The Morgan fingerprint density at radius 3 is 2.36 bits per heavy atom. The maximum absolute atomic E-state index is 13.1. The molecule has 1 saturated heterocycles. The van der Waals surface area contributed by atoms with E-state index in [0.717, 1.165) is 36.2 Å². The molecule has 1 fully saturated rings. The molecule has 0 radical (unpaired) electrons. The highest BCUT2D eigenvalue weighted by Gasteiger charge is 2.31. The van der Waals surface area contributed by atoms with Crippen molar-refractivity contribution in [1.29, 1.82) is 0 Å². The number of thiophene rings is 1. The van der Waals surface area contributed by atoms with E-state index in [1.807, 2.05) is 11.8 Å². The van der Waals surface area contributed by atoms with Crippen molar-refractivity contribution >= 4 is 49.7 Å². The molecule has 4 rings (SSSR count). The Balaban J connectivity index is 1.45. The summed E-state index contributed by atoms with van der Waals surface area (Å²) in [7, 11) is -2.05. The zero-order valence-electron chi connectivity index (χ0n) is 20.7. The maximum Gasteiger partial charge on any atom is 0.341 e. The molecule has 1 aliphatic heterocycles. The van der Waals surface area contributed by atoms with Crippen LogP contribution in [0.25, 0.3) is 0 Å². The predicted molar refractivity (Wildman–Crippen MR) is 146 cm³/mol. The molecule has 1 aromatic heterocycles. The monoisotopic (exact) mass is 551 g/mol. The zero-order valence-corrected chi connectivity index (χ0v) is 23.2. The highest BCUT2D eigenvalue weighted by molar-refractivity contribution is 7.89. The Bertz CT molecular complexity index is 1190. The Hall–Kier alpha value is -2.21. The van der Waals surface area contributed by atoms with E-state index in [4.69, 9.17) is 21.7 Å². The van der Waals surface area contributed by atoms with Crippen LogP contribution in [0.15, 0.2) is 29.2 Å². The van der Waals surface area contributed by atoms with E-state index in [2.05, 4.69) is 5.32 Å². The van der Waals surface area contributed by atoms with Gasteiger partial charge in [0.15, 0.2) is 5.11 Å². The summed E-state index contributed by atoms with van der Waals surface area (Å²) >= 11 is 7.30. The second-order valence-corrected chi connectivity index (χ2v) is 12.3. The summed E-state index contributed by atoms with van der Waals surface area (Å²) in [6.07, 6.45) is 6.38. The first kappa shape index (κ1) is 26.8. The van der Waals surface area contributed by atoms with Crippen molar-refractivity contribution in [2.24, 2.45) is 0 Å². The largest absolute Gasteiger partial charge is 0.497 e. The number of sulfonamides is 1. The quantitative estimate of drug-likeness (QED) is 0.420. The summed E-state index contributed by atoms with van der Waals surface area (Å²) in [5, 5.41) is 4.54. The summed E-state index contributed by atoms with van der Waals surface area (Å²) in [5.41, 5.74) is 1.71. The number of thiocarbonyl (C=S) groups is 1. The van der Waals surface area contributed by atoms with Crippen LogP contribution in [-0.4, -0.2) is 68.6 Å². The summed E-state index contributed by atoms with van der Waals surface area (Å²) in [6.45, 7) is 3.69. The molecule has 1 aliphatic carbocycles. The van der Waals surface area contributed by atoms with E-state index in [9.17, 15) is 13.2 Å². The van der Waals surface area contributed by atoms with Crippen LogP contribution >= 0.6 is 23.6 Å². The van der Waals surface area contributed by atoms with E-state index in [-0.39, 0.29) is 10.9 Å². The van der Waals surface area contributed by atoms with Gasteiger partial charge in [0, 0.05) is 31.1 Å². The number of ether oxygens (including phenoxy) is 2. The van der Waals surface area contributed by atoms with Gasteiger partial charge in [-0.25, -0.2) is 13.2 Å². The van der Waals surface area contributed by atoms with Crippen LogP contribution in [0.3, 0.4) is 0 Å². The number of nitrogens with zero attached hydrogens (tertiary/aromatic N) is 2. The standard InChI is InChI=1S/C25H33N3O5S3/c1-3-33-24(29)22-20-8-6-4-5-7-9-21(20)35-23(22)26-25(34)27-14-16-28(17-15-27)36(30,31)19-12-10-18(32-2)11-13-19/h10-13H,3-9,14-17H2,1-2H3,(H,26,34). The number of carbonyl (C=O) groups is 1. The number of rotatable bonds is 6. The SMILES string of the molecule is CCOC(=O)c1c(NC(=S)N2CCN(S(=O)(=O)c3ccc(OC)cc3)CC2)sc2c1CCCCCC2. The molecular formula is C25H33N3O5S3. The normalized spacial score (nSPS) is 17.0. The number of esters is 1. The number of aryl methyl sites for hydroxylation is 1. The highest BCUT2D eigenvalue weighted by atomic mass is 32.2. The maximum atomic E-state index is 13.1. The van der Waals surface area contributed by atoms with Crippen molar-refractivity contribution in [3.05, 3.63) is 40.3 Å². The van der Waals surface area contributed by atoms with E-state index in [0.29, 0.717) is 49.2 Å². The van der Waals surface area contributed by atoms with Crippen LogP contribution in [0, 0.1) is 0 Å². The van der Waals surface area contributed by atoms with Gasteiger partial charge in [-0.15, -0.1) is 11.3 Å². The molecular weight excluding hydrogens is 518 g/mol. The number of benzene rings is 1. The number of hydrogen-bond donors (Lipinski definition) is 1. The molecule has 1 aromatic carbocycles. The molecule has 0 unspecified atom stereocenters. The first-order valence-electron chi connectivity index (χ1n) is 12.4. The number of piperazine rings is 1. The van der Waals surface area contributed by atoms with Gasteiger partial charge in [0.05, 0.1) is 24.2 Å². The average Bonchev–Trinajstić information content (AvgIpc) is 3.19. The van der Waals surface area contributed by atoms with Crippen molar-refractivity contribution in [2.75, 3.05) is 45.2 Å². The third kappa shape index (κ3) is 5.85. The van der Waals surface area contributed by atoms with E-state index in [1.165, 1.54) is 22.0 Å². The van der Waals surface area contributed by atoms with Crippen LogP contribution < -0.4 is 10.1 Å². The van der Waals surface area contributed by atoms with Crippen molar-refractivity contribution in [3.63, 3.8) is 0 Å². The number of fused-ring (bicyclic) bond motifs is 1. The number of methoxy groups -OCH3 is 1. The van der Waals surface area contributed by atoms with Crippen LogP contribution in [0.4, 0.5) is 5.00 Å². The van der Waals surface area contributed by atoms with E-state index in [1.54, 1.807) is 42.7 Å². The highest BCUT2D eigenvalue weighted by Crippen LogP contribution is 2.38. The number of hydrogen-bond acceptors (Lipinski definition) is 7. The van der Waals surface area contributed by atoms with Gasteiger partial charge in [0.2, 0.25) is 10.0 Å². The van der Waals surface area contributed by atoms with Gasteiger partial charge >= 0.3 is 5.97 Å². The third-order valence-electron chi connectivity index (χ3n) is 6.59. The number of anilines is 1. The van der Waals surface area contributed by atoms with Crippen molar-refractivity contribution in [1.82, 2.24) is 9.21 Å². The van der Waals surface area contributed by atoms with Crippen molar-refractivity contribution < 1.29 is 22.7 Å². The molecule has 0 bridgehead atoms. The minimum absolute atomic E-state index is 0.243. The lowest BCUT2D eigenvalue weighted by molar-refractivity contribution is 0.0526. The third-order valence-corrected chi connectivity index (χ3v) is 10.1. The van der Waals surface area contributed by atoms with Gasteiger partial charge in [-0.05, 0) is 74.7 Å². The minimum atomic E-state index is -3.60. The van der Waals surface area contributed by atoms with Gasteiger partial charge < -0.3 is 19.7 Å². The number of carbonyl (C=O) groups excluding carboxylic acids is 1. The summed E-state index contributed by atoms with van der Waals surface area (Å²) in [4.78, 5) is 16.3. The predicted octanol–water partition coefficient (Wildman–Crippen LogP) is 4.30. The molecule has 0 atom stereocenters. The molecule has 8 nitrogen and oxygen atoms in total. The Morgan fingerprint density at radius 1 is 1.06 bits per heavy atom. The number of nitrogens with one attached hydrogen (secondary N) is 1. The topological polar surface area (TPSA) is 88.2 Å². The molecule has 0 amide bonds. The molecule has 11 heteroatoms. The minimum Gasteiger partial charge on any atom is -0.497 e. The van der Waals surface area contributed by atoms with Crippen LogP contribution in [0.1, 0.15) is 53.4 Å². The second-order valence-electron chi connectivity index (χ2n) is 8.84. The van der Waals surface area contributed by atoms with E-state index < -0.39 is 10.0 Å². The molecule has 2 aliphatic rings. The first-order valence-corrected chi connectivity index (χ1v) is 15.0. The van der Waals surface area contributed by atoms with Gasteiger partial charge in [-0.2, -0.15) is 4.31 Å². The Kier molecular flexibility index (Phi) is 8.87. The lowest BCUT2D eigenvalue weighted by atomic mass is 9.96. The van der Waals surface area contributed by atoms with Gasteiger partial charge in [-0.1, -0.05) is 12.8 Å². The smallest absolute Gasteiger partial charge is 0.341 e. The lowest BCUT2D eigenvalue weighted by Gasteiger charge is -2.35. The van der Waals surface area contributed by atoms with E-state index >= 15 is 0 Å². The fraction of sp³-hybridized carbons (Fsp3) is 0.520. The first-order chi connectivity index (χ1) is 17.3. The Morgan fingerprint density at radius 2 is 1.72 bits per heavy atom. The molecule has 196 valence electrons. The fourth-order valence-corrected chi connectivity index (χ4v) is 7.68. The molecule has 0 saturated carbocycles. The van der Waals surface area contributed by atoms with Crippen molar-refractivity contribution in [3.8, 4) is 5.75 Å². The van der Waals surface area contributed by atoms with Crippen LogP contribution in [-0.2, 0) is 27.6 Å². The van der Waals surface area contributed by atoms with Gasteiger partial charge in [0.1, 0.15) is 10.8 Å². The fourth-order valence-electron chi connectivity index (χ4n) is 4.63. The Labute approximate surface area is 222 Å². The lowest BCUT2D eigenvalue weighted by Crippen LogP contribution is -2.51. The second kappa shape index (κ2) is 11.9. The molecule has 0 spiro atoms. The molecule has 2 heterocycles. The van der Waals surface area contributed by atoms with Crippen LogP contribution in [0.2, 0.25) is 0 Å². The molecule has 36 heavy (non-hydrogen) atoms. The average molecular weight is 552 g/mol. The summed E-state index contributed by atoms with van der Waals surface area (Å²) < 4.78 is 38.1. The van der Waals surface area contributed by atoms with Crippen LogP contribution in [0.5, 0.6) is 5.75 Å².